The summed E-state index contributed by atoms with van der Waals surface area (Å²) in [6, 6.07) is 6.37. The summed E-state index contributed by atoms with van der Waals surface area (Å²) < 4.78 is 34.6. The molecule has 2 atom stereocenters. The Bertz CT molecular complexity index is 791. The van der Waals surface area contributed by atoms with Gasteiger partial charge in [-0.3, -0.25) is 4.79 Å². The Labute approximate surface area is 146 Å². The number of carbonyl (C=O) groups is 2. The Balaban J connectivity index is 1.61. The average Bonchev–Trinajstić information content (AvgIpc) is 3.25. The van der Waals surface area contributed by atoms with Gasteiger partial charge in [0.05, 0.1) is 6.61 Å². The molecule has 2 fully saturated rings. The standard InChI is InChI=1S/C16H20N2O6S/c1-3-23-14(19)10-24-13-6-4-12(5-7-13)17-15(20)16-8-11(16)9-18(2)25(16,21)22/h4-7,11H,3,8-10H2,1-2H3,(H,17,20). The van der Waals surface area contributed by atoms with Crippen LogP contribution >= 0.6 is 0 Å². The Hall–Kier alpha value is -2.13. The zero-order valence-electron chi connectivity index (χ0n) is 14.0. The van der Waals surface area contributed by atoms with Crippen LogP contribution in [0.15, 0.2) is 24.3 Å². The fourth-order valence-corrected chi connectivity index (χ4v) is 5.26. The molecule has 0 bridgehead atoms. The number of benzene rings is 1. The van der Waals surface area contributed by atoms with Crippen LogP contribution in [0.2, 0.25) is 0 Å². The molecule has 1 N–H and O–H groups in total. The number of carbonyl (C=O) groups excluding carboxylic acids is 2. The molecule has 3 rings (SSSR count). The van der Waals surface area contributed by atoms with Gasteiger partial charge in [-0.05, 0) is 37.6 Å². The van der Waals surface area contributed by atoms with Crippen molar-refractivity contribution in [3.05, 3.63) is 24.3 Å². The molecule has 2 unspecified atom stereocenters. The smallest absolute Gasteiger partial charge is 0.344 e. The molecule has 136 valence electrons. The minimum absolute atomic E-state index is 0.144. The topological polar surface area (TPSA) is 102 Å². The zero-order valence-corrected chi connectivity index (χ0v) is 14.8. The molecule has 1 amide bonds. The summed E-state index contributed by atoms with van der Waals surface area (Å²) in [6.07, 6.45) is 0.367. The van der Waals surface area contributed by atoms with Crippen LogP contribution in [0.4, 0.5) is 5.69 Å². The van der Waals surface area contributed by atoms with E-state index in [0.717, 1.165) is 0 Å². The number of amides is 1. The van der Waals surface area contributed by atoms with Crippen molar-refractivity contribution < 1.29 is 27.5 Å². The van der Waals surface area contributed by atoms with E-state index in [4.69, 9.17) is 9.47 Å². The highest BCUT2D eigenvalue weighted by Gasteiger charge is 2.74. The number of esters is 1. The van der Waals surface area contributed by atoms with Gasteiger partial charge < -0.3 is 14.8 Å². The highest BCUT2D eigenvalue weighted by Crippen LogP contribution is 2.57. The second kappa shape index (κ2) is 6.30. The van der Waals surface area contributed by atoms with Crippen molar-refractivity contribution in [1.29, 1.82) is 0 Å². The SMILES string of the molecule is CCOC(=O)COc1ccc(NC(=O)C23CC2CN(C)S3(=O)=O)cc1. The van der Waals surface area contributed by atoms with Gasteiger partial charge in [-0.25, -0.2) is 17.5 Å². The molecule has 1 heterocycles. The van der Waals surface area contributed by atoms with Gasteiger partial charge >= 0.3 is 5.97 Å². The number of anilines is 1. The van der Waals surface area contributed by atoms with Crippen molar-refractivity contribution in [3.8, 4) is 5.75 Å². The normalized spacial score (nSPS) is 26.6. The molecule has 8 nitrogen and oxygen atoms in total. The van der Waals surface area contributed by atoms with Crippen molar-refractivity contribution in [3.63, 3.8) is 0 Å². The third-order valence-corrected chi connectivity index (χ3v) is 7.13. The third-order valence-electron chi connectivity index (χ3n) is 4.56. The van der Waals surface area contributed by atoms with Gasteiger partial charge in [-0.2, -0.15) is 0 Å². The maximum atomic E-state index is 12.5. The molecule has 1 aromatic rings. The van der Waals surface area contributed by atoms with E-state index in [2.05, 4.69) is 5.32 Å². The fraction of sp³-hybridized carbons (Fsp3) is 0.500. The lowest BCUT2D eigenvalue weighted by molar-refractivity contribution is -0.145. The second-order valence-electron chi connectivity index (χ2n) is 6.15. The molecule has 2 aliphatic rings. The molecule has 1 aliphatic heterocycles. The van der Waals surface area contributed by atoms with E-state index in [-0.39, 0.29) is 19.1 Å². The Kier molecular flexibility index (Phi) is 4.46. The first-order chi connectivity index (χ1) is 11.8. The summed E-state index contributed by atoms with van der Waals surface area (Å²) in [7, 11) is -2.10. The summed E-state index contributed by atoms with van der Waals surface area (Å²) in [5.41, 5.74) is 0.471. The maximum Gasteiger partial charge on any atom is 0.344 e. The van der Waals surface area contributed by atoms with Crippen molar-refractivity contribution in [2.75, 3.05) is 32.1 Å². The Morgan fingerprint density at radius 2 is 2.00 bits per heavy atom. The molecule has 1 aliphatic carbocycles. The number of nitrogens with one attached hydrogen (secondary N) is 1. The Morgan fingerprint density at radius 3 is 2.56 bits per heavy atom. The first-order valence-electron chi connectivity index (χ1n) is 7.97. The van der Waals surface area contributed by atoms with E-state index in [1.54, 1.807) is 31.2 Å². The molecule has 0 spiro atoms. The van der Waals surface area contributed by atoms with Crippen LogP contribution in [-0.4, -0.2) is 56.2 Å². The lowest BCUT2D eigenvalue weighted by Gasteiger charge is -2.17. The quantitative estimate of drug-likeness (QED) is 0.738. The van der Waals surface area contributed by atoms with E-state index in [1.165, 1.54) is 11.4 Å². The summed E-state index contributed by atoms with van der Waals surface area (Å²) in [6.45, 7) is 2.18. The lowest BCUT2D eigenvalue weighted by Crippen LogP contribution is -2.40. The number of hydrogen-bond acceptors (Lipinski definition) is 6. The number of nitrogens with zero attached hydrogens (tertiary/aromatic N) is 1. The molecule has 1 saturated heterocycles. The molecule has 9 heteroatoms. The van der Waals surface area contributed by atoms with Gasteiger partial charge in [0.2, 0.25) is 15.9 Å². The van der Waals surface area contributed by atoms with Crippen LogP contribution in [0.3, 0.4) is 0 Å². The van der Waals surface area contributed by atoms with Crippen LogP contribution in [0.25, 0.3) is 0 Å². The summed E-state index contributed by atoms with van der Waals surface area (Å²) >= 11 is 0. The largest absolute Gasteiger partial charge is 0.482 e. The number of fused-ring (bicyclic) bond motifs is 1. The summed E-state index contributed by atoms with van der Waals surface area (Å²) in [4.78, 5) is 23.7. The van der Waals surface area contributed by atoms with Gasteiger partial charge in [0.15, 0.2) is 11.4 Å². The van der Waals surface area contributed by atoms with Crippen LogP contribution in [-0.2, 0) is 24.3 Å². The van der Waals surface area contributed by atoms with E-state index < -0.39 is 26.6 Å². The molecule has 0 radical (unpaired) electrons. The van der Waals surface area contributed by atoms with Gasteiger partial charge in [-0.1, -0.05) is 0 Å². The maximum absolute atomic E-state index is 12.5. The van der Waals surface area contributed by atoms with Gasteiger partial charge in [0.1, 0.15) is 5.75 Å². The second-order valence-corrected chi connectivity index (χ2v) is 8.45. The highest BCUT2D eigenvalue weighted by atomic mass is 32.2. The van der Waals surface area contributed by atoms with E-state index >= 15 is 0 Å². The molecular weight excluding hydrogens is 348 g/mol. The third kappa shape index (κ3) is 2.98. The zero-order chi connectivity index (χ0) is 18.2. The number of rotatable bonds is 6. The van der Waals surface area contributed by atoms with E-state index in [1.807, 2.05) is 0 Å². The van der Waals surface area contributed by atoms with Crippen LogP contribution in [0, 0.1) is 5.92 Å². The minimum atomic E-state index is -3.60. The number of ether oxygens (including phenoxy) is 2. The molecule has 1 saturated carbocycles. The van der Waals surface area contributed by atoms with Crippen molar-refractivity contribution in [1.82, 2.24) is 4.31 Å². The van der Waals surface area contributed by atoms with Crippen molar-refractivity contribution in [2.45, 2.75) is 18.1 Å². The van der Waals surface area contributed by atoms with E-state index in [9.17, 15) is 18.0 Å². The van der Waals surface area contributed by atoms with Crippen molar-refractivity contribution in [2.24, 2.45) is 5.92 Å². The number of sulfonamides is 1. The molecule has 0 aromatic heterocycles. The minimum Gasteiger partial charge on any atom is -0.482 e. The van der Waals surface area contributed by atoms with Crippen molar-refractivity contribution >= 4 is 27.6 Å². The fourth-order valence-electron chi connectivity index (χ4n) is 3.13. The first-order valence-corrected chi connectivity index (χ1v) is 9.41. The molecular formula is C16H20N2O6S. The highest BCUT2D eigenvalue weighted by molar-refractivity contribution is 7.92. The summed E-state index contributed by atoms with van der Waals surface area (Å²) in [5.74, 6) is -0.659. The predicted octanol–water partition coefficient (Wildman–Crippen LogP) is 0.601. The molecule has 1 aromatic carbocycles. The summed E-state index contributed by atoms with van der Waals surface area (Å²) in [5, 5.41) is 2.66. The predicted molar refractivity (Wildman–Crippen MR) is 89.6 cm³/mol. The van der Waals surface area contributed by atoms with Gasteiger partial charge in [0.25, 0.3) is 0 Å². The molecule has 25 heavy (non-hydrogen) atoms. The van der Waals surface area contributed by atoms with Crippen LogP contribution in [0.1, 0.15) is 13.3 Å². The first kappa shape index (κ1) is 17.7. The van der Waals surface area contributed by atoms with E-state index in [0.29, 0.717) is 24.4 Å². The number of hydrogen-bond donors (Lipinski definition) is 1. The van der Waals surface area contributed by atoms with Gasteiger partial charge in [-0.15, -0.1) is 0 Å². The Morgan fingerprint density at radius 1 is 1.32 bits per heavy atom. The monoisotopic (exact) mass is 368 g/mol. The van der Waals surface area contributed by atoms with Gasteiger partial charge in [0, 0.05) is 25.2 Å². The lowest BCUT2D eigenvalue weighted by atomic mass is 10.2. The van der Waals surface area contributed by atoms with Crippen LogP contribution < -0.4 is 10.1 Å². The average molecular weight is 368 g/mol. The van der Waals surface area contributed by atoms with Crippen LogP contribution in [0.5, 0.6) is 5.75 Å².